The SMILES string of the molecule is O=C(O)/C=C/c1cccc(N=Cc2ccc([N+](=O)[O-])o2)c1. The minimum atomic E-state index is -1.04. The number of nitro groups is 1. The Hall–Kier alpha value is -3.22. The highest BCUT2D eigenvalue weighted by molar-refractivity contribution is 5.85. The van der Waals surface area contributed by atoms with E-state index in [9.17, 15) is 14.9 Å². The number of hydrogen-bond donors (Lipinski definition) is 1. The molecule has 2 aromatic rings. The molecule has 7 heteroatoms. The van der Waals surface area contributed by atoms with Gasteiger partial charge in [0.05, 0.1) is 18.0 Å². The van der Waals surface area contributed by atoms with Crippen LogP contribution in [0.3, 0.4) is 0 Å². The molecular formula is C14H10N2O5. The minimum Gasteiger partial charge on any atom is -0.478 e. The van der Waals surface area contributed by atoms with Crippen LogP contribution >= 0.6 is 0 Å². The van der Waals surface area contributed by atoms with E-state index in [2.05, 4.69) is 4.99 Å². The van der Waals surface area contributed by atoms with Gasteiger partial charge in [-0.1, -0.05) is 12.1 Å². The molecular weight excluding hydrogens is 276 g/mol. The quantitative estimate of drug-likeness (QED) is 0.393. The van der Waals surface area contributed by atoms with Gasteiger partial charge < -0.3 is 9.52 Å². The third-order valence-electron chi connectivity index (χ3n) is 2.42. The summed E-state index contributed by atoms with van der Waals surface area (Å²) in [4.78, 5) is 24.4. The Kier molecular flexibility index (Phi) is 4.25. The number of aliphatic imine (C=N–C) groups is 1. The fourth-order valence-corrected chi connectivity index (χ4v) is 1.52. The van der Waals surface area contributed by atoms with Crippen molar-refractivity contribution >= 4 is 29.8 Å². The van der Waals surface area contributed by atoms with Crippen LogP contribution in [0.15, 0.2) is 51.9 Å². The molecule has 0 atom stereocenters. The van der Waals surface area contributed by atoms with E-state index in [1.54, 1.807) is 24.3 Å². The highest BCUT2D eigenvalue weighted by atomic mass is 16.6. The number of carboxylic acids is 1. The summed E-state index contributed by atoms with van der Waals surface area (Å²) in [6, 6.07) is 9.53. The molecule has 0 aliphatic heterocycles. The lowest BCUT2D eigenvalue weighted by atomic mass is 10.2. The van der Waals surface area contributed by atoms with Crippen molar-refractivity contribution in [2.45, 2.75) is 0 Å². The number of carboxylic acid groups (broad SMARTS) is 1. The summed E-state index contributed by atoms with van der Waals surface area (Å²) < 4.78 is 4.94. The van der Waals surface area contributed by atoms with Crippen LogP contribution in [0.4, 0.5) is 11.6 Å². The van der Waals surface area contributed by atoms with Crippen molar-refractivity contribution in [1.29, 1.82) is 0 Å². The largest absolute Gasteiger partial charge is 0.478 e. The zero-order chi connectivity index (χ0) is 15.2. The maximum absolute atomic E-state index is 10.5. The normalized spacial score (nSPS) is 11.2. The van der Waals surface area contributed by atoms with Crippen molar-refractivity contribution in [2.75, 3.05) is 0 Å². The first-order chi connectivity index (χ1) is 10.0. The van der Waals surface area contributed by atoms with Crippen molar-refractivity contribution in [2.24, 2.45) is 4.99 Å². The molecule has 0 radical (unpaired) electrons. The summed E-state index contributed by atoms with van der Waals surface area (Å²) >= 11 is 0. The van der Waals surface area contributed by atoms with Crippen LogP contribution in [-0.4, -0.2) is 22.2 Å². The van der Waals surface area contributed by atoms with E-state index in [4.69, 9.17) is 9.52 Å². The van der Waals surface area contributed by atoms with Crippen LogP contribution in [-0.2, 0) is 4.79 Å². The molecule has 21 heavy (non-hydrogen) atoms. The van der Waals surface area contributed by atoms with Gasteiger partial charge in [0, 0.05) is 6.08 Å². The lowest BCUT2D eigenvalue weighted by molar-refractivity contribution is -0.402. The van der Waals surface area contributed by atoms with Crippen molar-refractivity contribution in [3.05, 3.63) is 63.9 Å². The van der Waals surface area contributed by atoms with Crippen LogP contribution in [0.25, 0.3) is 6.08 Å². The predicted molar refractivity (Wildman–Crippen MR) is 75.7 cm³/mol. The summed E-state index contributed by atoms with van der Waals surface area (Å²) in [5.41, 5.74) is 1.25. The Balaban J connectivity index is 2.14. The van der Waals surface area contributed by atoms with Gasteiger partial charge in [-0.2, -0.15) is 0 Å². The average Bonchev–Trinajstić information content (AvgIpc) is 2.92. The molecule has 0 saturated carbocycles. The number of carbonyl (C=O) groups is 1. The average molecular weight is 286 g/mol. The smallest absolute Gasteiger partial charge is 0.433 e. The Morgan fingerprint density at radius 2 is 2.14 bits per heavy atom. The summed E-state index contributed by atoms with van der Waals surface area (Å²) in [5, 5.41) is 19.0. The summed E-state index contributed by atoms with van der Waals surface area (Å²) in [6.45, 7) is 0. The minimum absolute atomic E-state index is 0.258. The van der Waals surface area contributed by atoms with Crippen LogP contribution in [0.5, 0.6) is 0 Å². The van der Waals surface area contributed by atoms with E-state index < -0.39 is 10.9 Å². The first-order valence-corrected chi connectivity index (χ1v) is 5.84. The molecule has 0 aliphatic rings. The summed E-state index contributed by atoms with van der Waals surface area (Å²) in [7, 11) is 0. The molecule has 106 valence electrons. The number of hydrogen-bond acceptors (Lipinski definition) is 5. The maximum atomic E-state index is 10.5. The molecule has 0 aliphatic carbocycles. The van der Waals surface area contributed by atoms with Gasteiger partial charge in [-0.15, -0.1) is 0 Å². The van der Waals surface area contributed by atoms with E-state index in [1.807, 2.05) is 0 Å². The molecule has 0 unspecified atom stereocenters. The zero-order valence-electron chi connectivity index (χ0n) is 10.7. The second-order valence-corrected chi connectivity index (χ2v) is 3.96. The second-order valence-electron chi connectivity index (χ2n) is 3.96. The third kappa shape index (κ3) is 4.13. The van der Waals surface area contributed by atoms with Crippen molar-refractivity contribution in [3.8, 4) is 0 Å². The molecule has 0 amide bonds. The van der Waals surface area contributed by atoms with Crippen LogP contribution < -0.4 is 0 Å². The van der Waals surface area contributed by atoms with Crippen LogP contribution in [0.1, 0.15) is 11.3 Å². The second kappa shape index (κ2) is 6.29. The maximum Gasteiger partial charge on any atom is 0.433 e. The number of benzene rings is 1. The number of nitrogens with zero attached hydrogens (tertiary/aromatic N) is 2. The molecule has 2 rings (SSSR count). The van der Waals surface area contributed by atoms with Crippen LogP contribution in [0.2, 0.25) is 0 Å². The zero-order valence-corrected chi connectivity index (χ0v) is 10.7. The number of rotatable bonds is 5. The van der Waals surface area contributed by atoms with E-state index in [0.717, 1.165) is 6.08 Å². The molecule has 0 bridgehead atoms. The van der Waals surface area contributed by atoms with Gasteiger partial charge in [-0.25, -0.2) is 4.79 Å². The van der Waals surface area contributed by atoms with Crippen LogP contribution in [0, 0.1) is 10.1 Å². The summed E-state index contributed by atoms with van der Waals surface area (Å²) in [6.07, 6.45) is 3.82. The standard InChI is InChI=1S/C14H10N2O5/c17-14(18)7-4-10-2-1-3-11(8-10)15-9-12-5-6-13(21-12)16(19)20/h1-9H,(H,17,18)/b7-4+,15-9?. The van der Waals surface area contributed by atoms with E-state index >= 15 is 0 Å². The fourth-order valence-electron chi connectivity index (χ4n) is 1.52. The predicted octanol–water partition coefficient (Wildman–Crippen LogP) is 3.04. The molecule has 7 nitrogen and oxygen atoms in total. The van der Waals surface area contributed by atoms with E-state index in [1.165, 1.54) is 24.4 Å². The number of furan rings is 1. The molecule has 1 N–H and O–H groups in total. The van der Waals surface area contributed by atoms with Crippen molar-refractivity contribution < 1.29 is 19.2 Å². The van der Waals surface area contributed by atoms with Gasteiger partial charge in [-0.3, -0.25) is 15.1 Å². The molecule has 1 aromatic carbocycles. The van der Waals surface area contributed by atoms with Gasteiger partial charge in [0.25, 0.3) is 0 Å². The lowest BCUT2D eigenvalue weighted by Gasteiger charge is -1.95. The molecule has 0 spiro atoms. The fraction of sp³-hybridized carbons (Fsp3) is 0. The highest BCUT2D eigenvalue weighted by Crippen LogP contribution is 2.17. The molecule has 1 aromatic heterocycles. The Labute approximate surface area is 119 Å². The van der Waals surface area contributed by atoms with Crippen molar-refractivity contribution in [3.63, 3.8) is 0 Å². The third-order valence-corrected chi connectivity index (χ3v) is 2.42. The topological polar surface area (TPSA) is 106 Å². The van der Waals surface area contributed by atoms with E-state index in [0.29, 0.717) is 11.3 Å². The Morgan fingerprint density at radius 1 is 1.33 bits per heavy atom. The van der Waals surface area contributed by atoms with Gasteiger partial charge >= 0.3 is 11.9 Å². The monoisotopic (exact) mass is 286 g/mol. The lowest BCUT2D eigenvalue weighted by Crippen LogP contribution is -1.85. The number of aliphatic carboxylic acids is 1. The summed E-state index contributed by atoms with van der Waals surface area (Å²) in [5.74, 6) is -1.13. The first kappa shape index (κ1) is 14.2. The van der Waals surface area contributed by atoms with Gasteiger partial charge in [0.15, 0.2) is 5.76 Å². The highest BCUT2D eigenvalue weighted by Gasteiger charge is 2.10. The molecule has 0 saturated heterocycles. The Morgan fingerprint density at radius 3 is 2.81 bits per heavy atom. The van der Waals surface area contributed by atoms with Gasteiger partial charge in [-0.05, 0) is 29.8 Å². The van der Waals surface area contributed by atoms with Gasteiger partial charge in [0.1, 0.15) is 4.92 Å². The molecule has 1 heterocycles. The van der Waals surface area contributed by atoms with Crippen molar-refractivity contribution in [1.82, 2.24) is 0 Å². The Bertz CT molecular complexity index is 730. The van der Waals surface area contributed by atoms with Gasteiger partial charge in [0.2, 0.25) is 0 Å². The van der Waals surface area contributed by atoms with E-state index in [-0.39, 0.29) is 11.6 Å². The first-order valence-electron chi connectivity index (χ1n) is 5.84. The molecule has 0 fully saturated rings.